The largest absolute Gasteiger partial charge is 0.314 e. The SMILES string of the molecule is CC(CNC1CC1)C(C)Cc1ccc(F)c(Cl)c1. The van der Waals surface area contributed by atoms with Gasteiger partial charge in [0.2, 0.25) is 0 Å². The number of benzene rings is 1. The third kappa shape index (κ3) is 3.96. The molecular weight excluding hydrogens is 249 g/mol. The molecule has 1 nitrogen and oxygen atoms in total. The third-order valence-electron chi connectivity index (χ3n) is 3.82. The Morgan fingerprint density at radius 1 is 1.33 bits per heavy atom. The lowest BCUT2D eigenvalue weighted by Crippen LogP contribution is -2.27. The summed E-state index contributed by atoms with van der Waals surface area (Å²) in [4.78, 5) is 0. The van der Waals surface area contributed by atoms with Crippen LogP contribution in [0.1, 0.15) is 32.3 Å². The van der Waals surface area contributed by atoms with Crippen molar-refractivity contribution in [1.29, 1.82) is 0 Å². The van der Waals surface area contributed by atoms with E-state index >= 15 is 0 Å². The van der Waals surface area contributed by atoms with Crippen LogP contribution in [0.2, 0.25) is 5.02 Å². The third-order valence-corrected chi connectivity index (χ3v) is 4.11. The van der Waals surface area contributed by atoms with Gasteiger partial charge in [-0.25, -0.2) is 4.39 Å². The van der Waals surface area contributed by atoms with Gasteiger partial charge in [-0.3, -0.25) is 0 Å². The van der Waals surface area contributed by atoms with E-state index in [1.54, 1.807) is 6.07 Å². The van der Waals surface area contributed by atoms with Gasteiger partial charge >= 0.3 is 0 Å². The smallest absolute Gasteiger partial charge is 0.141 e. The molecule has 1 fully saturated rings. The number of halogens is 2. The second-order valence-electron chi connectivity index (χ2n) is 5.59. The molecule has 0 aliphatic heterocycles. The van der Waals surface area contributed by atoms with Gasteiger partial charge in [-0.15, -0.1) is 0 Å². The molecule has 0 radical (unpaired) electrons. The Morgan fingerprint density at radius 3 is 2.67 bits per heavy atom. The zero-order chi connectivity index (χ0) is 13.1. The molecule has 1 aliphatic rings. The second kappa shape index (κ2) is 6.03. The molecular formula is C15H21ClFN. The Hall–Kier alpha value is -0.600. The lowest BCUT2D eigenvalue weighted by Gasteiger charge is -2.20. The maximum atomic E-state index is 13.1. The molecule has 18 heavy (non-hydrogen) atoms. The van der Waals surface area contributed by atoms with E-state index in [0.717, 1.165) is 24.6 Å². The predicted octanol–water partition coefficient (Wildman–Crippen LogP) is 4.05. The van der Waals surface area contributed by atoms with Crippen molar-refractivity contribution in [3.05, 3.63) is 34.6 Å². The van der Waals surface area contributed by atoms with Gasteiger partial charge in [-0.1, -0.05) is 31.5 Å². The summed E-state index contributed by atoms with van der Waals surface area (Å²) in [5.74, 6) is 0.851. The van der Waals surface area contributed by atoms with Crippen LogP contribution in [0.15, 0.2) is 18.2 Å². The van der Waals surface area contributed by atoms with Crippen molar-refractivity contribution in [1.82, 2.24) is 5.32 Å². The van der Waals surface area contributed by atoms with Crippen molar-refractivity contribution in [2.45, 2.75) is 39.2 Å². The standard InChI is InChI=1S/C15H21ClFN/c1-10(11(2)9-18-13-4-5-13)7-12-3-6-15(17)14(16)8-12/h3,6,8,10-11,13,18H,4-5,7,9H2,1-2H3. The summed E-state index contributed by atoms with van der Waals surface area (Å²) in [6.45, 7) is 5.59. The molecule has 0 heterocycles. The van der Waals surface area contributed by atoms with Crippen LogP contribution in [0.4, 0.5) is 4.39 Å². The maximum Gasteiger partial charge on any atom is 0.141 e. The summed E-state index contributed by atoms with van der Waals surface area (Å²) >= 11 is 5.80. The fourth-order valence-electron chi connectivity index (χ4n) is 2.08. The highest BCUT2D eigenvalue weighted by molar-refractivity contribution is 6.30. The molecule has 1 aliphatic carbocycles. The van der Waals surface area contributed by atoms with Gasteiger partial charge in [-0.2, -0.15) is 0 Å². The summed E-state index contributed by atoms with van der Waals surface area (Å²) in [5.41, 5.74) is 1.12. The van der Waals surface area contributed by atoms with Gasteiger partial charge in [0.05, 0.1) is 5.02 Å². The minimum Gasteiger partial charge on any atom is -0.314 e. The maximum absolute atomic E-state index is 13.1. The Balaban J connectivity index is 1.84. The van der Waals surface area contributed by atoms with Gasteiger partial charge in [0.1, 0.15) is 5.82 Å². The van der Waals surface area contributed by atoms with Gasteiger partial charge in [0, 0.05) is 6.04 Å². The van der Waals surface area contributed by atoms with Crippen molar-refractivity contribution in [2.75, 3.05) is 6.54 Å². The molecule has 0 saturated heterocycles. The first-order valence-electron chi connectivity index (χ1n) is 6.73. The average molecular weight is 270 g/mol. The Bertz CT molecular complexity index is 403. The van der Waals surface area contributed by atoms with Crippen LogP contribution in [0.3, 0.4) is 0 Å². The van der Waals surface area contributed by atoms with E-state index in [-0.39, 0.29) is 10.8 Å². The van der Waals surface area contributed by atoms with Gasteiger partial charge in [0.15, 0.2) is 0 Å². The summed E-state index contributed by atoms with van der Waals surface area (Å²) in [7, 11) is 0. The highest BCUT2D eigenvalue weighted by atomic mass is 35.5. The van der Waals surface area contributed by atoms with Crippen molar-refractivity contribution in [2.24, 2.45) is 11.8 Å². The number of hydrogen-bond donors (Lipinski definition) is 1. The fraction of sp³-hybridized carbons (Fsp3) is 0.600. The van der Waals surface area contributed by atoms with E-state index < -0.39 is 0 Å². The second-order valence-corrected chi connectivity index (χ2v) is 6.00. The van der Waals surface area contributed by atoms with Gasteiger partial charge < -0.3 is 5.32 Å². The van der Waals surface area contributed by atoms with E-state index in [4.69, 9.17) is 11.6 Å². The average Bonchev–Trinajstić information content (AvgIpc) is 3.14. The first kappa shape index (κ1) is 13.8. The number of hydrogen-bond acceptors (Lipinski definition) is 1. The van der Waals surface area contributed by atoms with Crippen molar-refractivity contribution in [3.63, 3.8) is 0 Å². The summed E-state index contributed by atoms with van der Waals surface area (Å²) in [5, 5.41) is 3.78. The lowest BCUT2D eigenvalue weighted by atomic mass is 9.89. The molecule has 1 aromatic carbocycles. The fourth-order valence-corrected chi connectivity index (χ4v) is 2.28. The van der Waals surface area contributed by atoms with E-state index in [1.807, 2.05) is 6.07 Å². The lowest BCUT2D eigenvalue weighted by molar-refractivity contribution is 0.364. The van der Waals surface area contributed by atoms with Crippen LogP contribution in [0, 0.1) is 17.7 Å². The highest BCUT2D eigenvalue weighted by Gasteiger charge is 2.22. The van der Waals surface area contributed by atoms with Crippen molar-refractivity contribution in [3.8, 4) is 0 Å². The summed E-state index contributed by atoms with van der Waals surface area (Å²) < 4.78 is 13.1. The van der Waals surface area contributed by atoms with Crippen LogP contribution in [-0.4, -0.2) is 12.6 Å². The van der Waals surface area contributed by atoms with E-state index in [9.17, 15) is 4.39 Å². The summed E-state index contributed by atoms with van der Waals surface area (Å²) in [6.07, 6.45) is 3.61. The molecule has 2 rings (SSSR count). The highest BCUT2D eigenvalue weighted by Crippen LogP contribution is 2.23. The van der Waals surface area contributed by atoms with Crippen LogP contribution in [0.25, 0.3) is 0 Å². The summed E-state index contributed by atoms with van der Waals surface area (Å²) in [6, 6.07) is 5.80. The molecule has 3 heteroatoms. The molecule has 100 valence electrons. The quantitative estimate of drug-likeness (QED) is 0.822. The Kier molecular flexibility index (Phi) is 4.63. The number of nitrogens with one attached hydrogen (secondary N) is 1. The minimum atomic E-state index is -0.337. The topological polar surface area (TPSA) is 12.0 Å². The molecule has 2 atom stereocenters. The molecule has 2 unspecified atom stereocenters. The van der Waals surface area contributed by atoms with Crippen LogP contribution in [-0.2, 0) is 6.42 Å². The van der Waals surface area contributed by atoms with E-state index in [1.165, 1.54) is 18.9 Å². The normalized spacial score (nSPS) is 18.7. The van der Waals surface area contributed by atoms with Crippen LogP contribution in [0.5, 0.6) is 0 Å². The predicted molar refractivity (Wildman–Crippen MR) is 74.5 cm³/mol. The molecule has 0 amide bonds. The van der Waals surface area contributed by atoms with E-state index in [2.05, 4.69) is 19.2 Å². The Labute approximate surface area is 114 Å². The molecule has 1 saturated carbocycles. The number of rotatable bonds is 6. The van der Waals surface area contributed by atoms with Crippen LogP contribution >= 0.6 is 11.6 Å². The van der Waals surface area contributed by atoms with Crippen molar-refractivity contribution < 1.29 is 4.39 Å². The van der Waals surface area contributed by atoms with Gasteiger partial charge in [-0.05, 0) is 55.3 Å². The van der Waals surface area contributed by atoms with Crippen LogP contribution < -0.4 is 5.32 Å². The molecule has 0 bridgehead atoms. The van der Waals surface area contributed by atoms with E-state index in [0.29, 0.717) is 11.8 Å². The molecule has 0 aromatic heterocycles. The minimum absolute atomic E-state index is 0.225. The molecule has 1 N–H and O–H groups in total. The Morgan fingerprint density at radius 2 is 2.06 bits per heavy atom. The zero-order valence-corrected chi connectivity index (χ0v) is 11.8. The monoisotopic (exact) mass is 269 g/mol. The molecule has 0 spiro atoms. The first-order valence-corrected chi connectivity index (χ1v) is 7.11. The first-order chi connectivity index (χ1) is 8.56. The zero-order valence-electron chi connectivity index (χ0n) is 11.0. The van der Waals surface area contributed by atoms with Gasteiger partial charge in [0.25, 0.3) is 0 Å². The van der Waals surface area contributed by atoms with Crippen molar-refractivity contribution >= 4 is 11.6 Å². The molecule has 1 aromatic rings.